The van der Waals surface area contributed by atoms with Crippen molar-refractivity contribution in [2.75, 3.05) is 12.0 Å². The number of Topliss-reactive ketones (excluding diaryl/α,β-unsaturated/α-hetero) is 1. The molecule has 0 atom stereocenters. The van der Waals surface area contributed by atoms with Gasteiger partial charge in [-0.1, -0.05) is 12.1 Å². The van der Waals surface area contributed by atoms with E-state index in [1.807, 2.05) is 24.3 Å². The van der Waals surface area contributed by atoms with Gasteiger partial charge in [0.2, 0.25) is 0 Å². The summed E-state index contributed by atoms with van der Waals surface area (Å²) in [6.45, 7) is 0.163. The zero-order valence-corrected chi connectivity index (χ0v) is 10.9. The average molecular weight is 266 g/mol. The largest absolute Gasteiger partial charge is 0.323 e. The highest BCUT2D eigenvalue weighted by Crippen LogP contribution is 2.11. The third kappa shape index (κ3) is 3.16. The smallest absolute Gasteiger partial charge is 0.153 e. The summed E-state index contributed by atoms with van der Waals surface area (Å²) >= 11 is 0. The molecule has 0 amide bonds. The van der Waals surface area contributed by atoms with Crippen molar-refractivity contribution in [2.24, 2.45) is 0 Å². The fraction of sp³-hybridized carbons (Fsp3) is 0.333. The van der Waals surface area contributed by atoms with Crippen LogP contribution in [-0.4, -0.2) is 35.8 Å². The van der Waals surface area contributed by atoms with Crippen LogP contribution in [0.2, 0.25) is 0 Å². The summed E-state index contributed by atoms with van der Waals surface area (Å²) in [6.07, 6.45) is 2.78. The predicted octanol–water partition coefficient (Wildman–Crippen LogP) is 1.04. The average Bonchev–Trinajstić information content (AvgIpc) is 2.70. The molecule has 0 aliphatic rings. The van der Waals surface area contributed by atoms with Crippen LogP contribution in [0.25, 0.3) is 11.0 Å². The molecule has 5 nitrogen and oxygen atoms in total. The van der Waals surface area contributed by atoms with Crippen molar-refractivity contribution in [1.29, 1.82) is 0 Å². The molecule has 0 spiro atoms. The number of hydrogen-bond acceptors (Lipinski definition) is 4. The summed E-state index contributed by atoms with van der Waals surface area (Å²) in [7, 11) is -3.09. The predicted molar refractivity (Wildman–Crippen MR) is 69.1 cm³/mol. The van der Waals surface area contributed by atoms with Crippen molar-refractivity contribution >= 4 is 26.7 Å². The Hall–Kier alpha value is -1.69. The Bertz CT molecular complexity index is 673. The minimum absolute atomic E-state index is 0.0470. The lowest BCUT2D eigenvalue weighted by atomic mass is 10.3. The fourth-order valence-electron chi connectivity index (χ4n) is 1.70. The van der Waals surface area contributed by atoms with Crippen LogP contribution in [0.3, 0.4) is 0 Å². The van der Waals surface area contributed by atoms with Gasteiger partial charge in [0.05, 0.1) is 29.7 Å². The molecular formula is C12H14N2O3S. The first kappa shape index (κ1) is 12.8. The zero-order chi connectivity index (χ0) is 13.2. The number of rotatable bonds is 5. The topological polar surface area (TPSA) is 69.0 Å². The Morgan fingerprint density at radius 1 is 1.33 bits per heavy atom. The van der Waals surface area contributed by atoms with E-state index >= 15 is 0 Å². The van der Waals surface area contributed by atoms with E-state index in [1.54, 1.807) is 10.9 Å². The lowest BCUT2D eigenvalue weighted by molar-refractivity contribution is -0.119. The van der Waals surface area contributed by atoms with E-state index in [9.17, 15) is 13.2 Å². The van der Waals surface area contributed by atoms with Crippen LogP contribution in [0.15, 0.2) is 30.6 Å². The molecule has 2 aromatic rings. The molecule has 0 fully saturated rings. The molecule has 1 heterocycles. The number of para-hydroxylation sites is 2. The van der Waals surface area contributed by atoms with E-state index in [-0.39, 0.29) is 24.5 Å². The van der Waals surface area contributed by atoms with E-state index in [0.717, 1.165) is 17.3 Å². The van der Waals surface area contributed by atoms with Gasteiger partial charge >= 0.3 is 0 Å². The van der Waals surface area contributed by atoms with Crippen molar-refractivity contribution in [1.82, 2.24) is 9.55 Å². The second-order valence-corrected chi connectivity index (χ2v) is 6.54. The maximum absolute atomic E-state index is 11.7. The Morgan fingerprint density at radius 3 is 2.78 bits per heavy atom. The van der Waals surface area contributed by atoms with E-state index in [2.05, 4.69) is 4.98 Å². The van der Waals surface area contributed by atoms with Crippen LogP contribution in [-0.2, 0) is 21.2 Å². The summed E-state index contributed by atoms with van der Waals surface area (Å²) < 4.78 is 23.7. The second kappa shape index (κ2) is 4.89. The third-order valence-electron chi connectivity index (χ3n) is 2.63. The van der Waals surface area contributed by atoms with Gasteiger partial charge in [-0.05, 0) is 12.1 Å². The number of hydrogen-bond donors (Lipinski definition) is 0. The molecule has 1 aromatic heterocycles. The Morgan fingerprint density at radius 2 is 2.06 bits per heavy atom. The van der Waals surface area contributed by atoms with Crippen LogP contribution in [0.4, 0.5) is 0 Å². The number of sulfone groups is 1. The molecule has 2 rings (SSSR count). The molecule has 0 aliphatic heterocycles. The molecule has 6 heteroatoms. The fourth-order valence-corrected chi connectivity index (χ4v) is 2.30. The summed E-state index contributed by atoms with van der Waals surface area (Å²) in [6, 6.07) is 7.51. The number of carbonyl (C=O) groups excluding carboxylic acids is 1. The SMILES string of the molecule is CS(=O)(=O)CCC(=O)Cn1cnc2ccccc21. The van der Waals surface area contributed by atoms with Gasteiger partial charge in [-0.3, -0.25) is 4.79 Å². The van der Waals surface area contributed by atoms with Gasteiger partial charge in [0.25, 0.3) is 0 Å². The molecule has 0 aliphatic carbocycles. The molecule has 18 heavy (non-hydrogen) atoms. The summed E-state index contributed by atoms with van der Waals surface area (Å²) in [5.74, 6) is -0.207. The molecule has 0 radical (unpaired) electrons. The number of nitrogens with zero attached hydrogens (tertiary/aromatic N) is 2. The van der Waals surface area contributed by atoms with Crippen LogP contribution >= 0.6 is 0 Å². The minimum atomic E-state index is -3.09. The maximum Gasteiger partial charge on any atom is 0.153 e. The van der Waals surface area contributed by atoms with E-state index < -0.39 is 9.84 Å². The number of imidazole rings is 1. The van der Waals surface area contributed by atoms with Crippen molar-refractivity contribution in [2.45, 2.75) is 13.0 Å². The van der Waals surface area contributed by atoms with Crippen molar-refractivity contribution in [3.8, 4) is 0 Å². The van der Waals surface area contributed by atoms with Crippen molar-refractivity contribution in [3.05, 3.63) is 30.6 Å². The van der Waals surface area contributed by atoms with Crippen molar-refractivity contribution in [3.63, 3.8) is 0 Å². The first-order valence-corrected chi connectivity index (χ1v) is 7.61. The van der Waals surface area contributed by atoms with E-state index in [1.165, 1.54) is 0 Å². The molecule has 0 unspecified atom stereocenters. The Labute approximate surface area is 105 Å². The molecule has 1 aromatic carbocycles. The monoisotopic (exact) mass is 266 g/mol. The molecule has 0 N–H and O–H groups in total. The number of fused-ring (bicyclic) bond motifs is 1. The van der Waals surface area contributed by atoms with Gasteiger partial charge in [-0.25, -0.2) is 13.4 Å². The lowest BCUT2D eigenvalue weighted by Gasteiger charge is -2.03. The zero-order valence-electron chi connectivity index (χ0n) is 10.0. The highest BCUT2D eigenvalue weighted by Gasteiger charge is 2.10. The second-order valence-electron chi connectivity index (χ2n) is 4.28. The quantitative estimate of drug-likeness (QED) is 0.811. The highest BCUT2D eigenvalue weighted by atomic mass is 32.2. The van der Waals surface area contributed by atoms with E-state index in [0.29, 0.717) is 0 Å². The number of benzene rings is 1. The molecule has 0 saturated carbocycles. The third-order valence-corrected chi connectivity index (χ3v) is 3.57. The van der Waals surface area contributed by atoms with Crippen LogP contribution in [0.5, 0.6) is 0 Å². The summed E-state index contributed by atoms with van der Waals surface area (Å²) in [4.78, 5) is 15.9. The van der Waals surface area contributed by atoms with Crippen LogP contribution in [0.1, 0.15) is 6.42 Å². The van der Waals surface area contributed by atoms with Crippen LogP contribution in [0, 0.1) is 0 Å². The normalized spacial score (nSPS) is 11.8. The molecular weight excluding hydrogens is 252 g/mol. The Balaban J connectivity index is 2.08. The highest BCUT2D eigenvalue weighted by molar-refractivity contribution is 7.90. The van der Waals surface area contributed by atoms with Gasteiger partial charge in [0.1, 0.15) is 9.84 Å². The molecule has 0 saturated heterocycles. The number of aromatic nitrogens is 2. The van der Waals surface area contributed by atoms with Crippen molar-refractivity contribution < 1.29 is 13.2 Å². The van der Waals surface area contributed by atoms with Gasteiger partial charge in [-0.2, -0.15) is 0 Å². The first-order valence-electron chi connectivity index (χ1n) is 5.55. The number of carbonyl (C=O) groups is 1. The van der Waals surface area contributed by atoms with Crippen LogP contribution < -0.4 is 0 Å². The standard InChI is InChI=1S/C12H14N2O3S/c1-18(16,17)7-6-10(15)8-14-9-13-11-4-2-3-5-12(11)14/h2-5,9H,6-8H2,1H3. The van der Waals surface area contributed by atoms with Gasteiger partial charge in [0.15, 0.2) is 5.78 Å². The number of ketones is 1. The van der Waals surface area contributed by atoms with Gasteiger partial charge < -0.3 is 4.57 Å². The van der Waals surface area contributed by atoms with Gasteiger partial charge in [0, 0.05) is 12.7 Å². The maximum atomic E-state index is 11.7. The van der Waals surface area contributed by atoms with Gasteiger partial charge in [-0.15, -0.1) is 0 Å². The summed E-state index contributed by atoms with van der Waals surface area (Å²) in [5.41, 5.74) is 1.71. The molecule has 96 valence electrons. The lowest BCUT2D eigenvalue weighted by Crippen LogP contribution is -2.14. The first-order chi connectivity index (χ1) is 8.46. The Kier molecular flexibility index (Phi) is 3.47. The van der Waals surface area contributed by atoms with E-state index in [4.69, 9.17) is 0 Å². The summed E-state index contributed by atoms with van der Waals surface area (Å²) in [5, 5.41) is 0. The minimum Gasteiger partial charge on any atom is -0.323 e. The molecule has 0 bridgehead atoms.